The molecule has 2 aromatic rings. The first-order valence-electron chi connectivity index (χ1n) is 6.35. The van der Waals surface area contributed by atoms with Crippen molar-refractivity contribution in [1.82, 2.24) is 20.2 Å². The van der Waals surface area contributed by atoms with Crippen LogP contribution in [0.1, 0.15) is 18.1 Å². The molecule has 1 heterocycles. The minimum atomic E-state index is -0.320. The zero-order valence-electron chi connectivity index (χ0n) is 11.8. The largest absolute Gasteiger partial charge is 0.484 e. The molecule has 20 heavy (non-hydrogen) atoms. The Morgan fingerprint density at radius 1 is 1.30 bits per heavy atom. The molecule has 0 spiro atoms. The summed E-state index contributed by atoms with van der Waals surface area (Å²) < 4.78 is 5.44. The van der Waals surface area contributed by atoms with Crippen LogP contribution in [0.2, 0.25) is 0 Å². The van der Waals surface area contributed by atoms with Crippen molar-refractivity contribution in [1.29, 1.82) is 0 Å². The summed E-state index contributed by atoms with van der Waals surface area (Å²) >= 11 is 0. The van der Waals surface area contributed by atoms with Crippen molar-refractivity contribution < 1.29 is 9.53 Å². The minimum absolute atomic E-state index is 0.0937. The van der Waals surface area contributed by atoms with Gasteiger partial charge in [0.05, 0.1) is 6.54 Å². The molecule has 2 rings (SSSR count). The summed E-state index contributed by atoms with van der Waals surface area (Å²) in [5, 5.41) is 13.9. The topological polar surface area (TPSA) is 81.9 Å². The molecule has 0 radical (unpaired) electrons. The fourth-order valence-electron chi connectivity index (χ4n) is 1.75. The van der Waals surface area contributed by atoms with E-state index in [0.717, 1.165) is 11.1 Å². The molecule has 0 fully saturated rings. The van der Waals surface area contributed by atoms with Gasteiger partial charge >= 0.3 is 0 Å². The van der Waals surface area contributed by atoms with Gasteiger partial charge in [0.1, 0.15) is 5.75 Å². The van der Waals surface area contributed by atoms with Crippen LogP contribution >= 0.6 is 0 Å². The van der Waals surface area contributed by atoms with E-state index >= 15 is 0 Å². The Morgan fingerprint density at radius 3 is 2.60 bits per heavy atom. The lowest BCUT2D eigenvalue weighted by Gasteiger charge is -2.07. The molecule has 0 aliphatic heterocycles. The number of hydrogen-bond donors (Lipinski definition) is 1. The maximum Gasteiger partial charge on any atom is 0.270 e. The number of nitrogens with one attached hydrogen (secondary N) is 1. The third kappa shape index (κ3) is 3.78. The smallest absolute Gasteiger partial charge is 0.270 e. The van der Waals surface area contributed by atoms with Crippen LogP contribution in [0, 0.1) is 13.8 Å². The van der Waals surface area contributed by atoms with E-state index in [4.69, 9.17) is 4.74 Å². The van der Waals surface area contributed by atoms with Gasteiger partial charge in [0.2, 0.25) is 0 Å². The number of hydrogen-bond acceptors (Lipinski definition) is 5. The van der Waals surface area contributed by atoms with Gasteiger partial charge in [0, 0.05) is 0 Å². The summed E-state index contributed by atoms with van der Waals surface area (Å²) in [6.07, 6.45) is 0. The van der Waals surface area contributed by atoms with Crippen LogP contribution in [0.25, 0.3) is 0 Å². The van der Waals surface area contributed by atoms with E-state index in [-0.39, 0.29) is 18.5 Å². The standard InChI is InChI=1S/C13H17N5O2/c1-4-18-16-13(15-17-18)14-12(19)8-20-11-6-9(2)5-10(3)7-11/h5-7H,4,8H2,1-3H3,(H,14,16,19). The van der Waals surface area contributed by atoms with Gasteiger partial charge in [-0.15, -0.1) is 5.10 Å². The van der Waals surface area contributed by atoms with Crippen molar-refractivity contribution in [2.24, 2.45) is 0 Å². The summed E-state index contributed by atoms with van der Waals surface area (Å²) in [6, 6.07) is 5.80. The Morgan fingerprint density at radius 2 is 2.00 bits per heavy atom. The van der Waals surface area contributed by atoms with E-state index in [1.54, 1.807) is 0 Å². The highest BCUT2D eigenvalue weighted by Gasteiger charge is 2.08. The molecular formula is C13H17N5O2. The number of anilines is 1. The number of carbonyl (C=O) groups excluding carboxylic acids is 1. The quantitative estimate of drug-likeness (QED) is 0.890. The molecule has 1 N–H and O–H groups in total. The van der Waals surface area contributed by atoms with Gasteiger partial charge < -0.3 is 4.74 Å². The van der Waals surface area contributed by atoms with Crippen LogP contribution in [0.3, 0.4) is 0 Å². The molecule has 0 atom stereocenters. The predicted octanol–water partition coefficient (Wildman–Crippen LogP) is 1.33. The Kier molecular flexibility index (Phi) is 4.29. The lowest BCUT2D eigenvalue weighted by atomic mass is 10.1. The highest BCUT2D eigenvalue weighted by atomic mass is 16.5. The van der Waals surface area contributed by atoms with Crippen molar-refractivity contribution in [2.75, 3.05) is 11.9 Å². The number of amides is 1. The molecule has 1 amide bonds. The van der Waals surface area contributed by atoms with E-state index in [9.17, 15) is 4.79 Å². The fraction of sp³-hybridized carbons (Fsp3) is 0.385. The van der Waals surface area contributed by atoms with Crippen molar-refractivity contribution in [3.05, 3.63) is 29.3 Å². The Hall–Kier alpha value is -2.44. The third-order valence-electron chi connectivity index (χ3n) is 2.55. The number of nitrogens with zero attached hydrogens (tertiary/aromatic N) is 4. The predicted molar refractivity (Wildman–Crippen MR) is 73.5 cm³/mol. The molecule has 106 valence electrons. The maximum atomic E-state index is 11.7. The molecule has 1 aromatic carbocycles. The SMILES string of the molecule is CCn1nnc(NC(=O)COc2cc(C)cc(C)c2)n1. The highest BCUT2D eigenvalue weighted by molar-refractivity contribution is 5.90. The second kappa shape index (κ2) is 6.14. The molecule has 7 nitrogen and oxygen atoms in total. The van der Waals surface area contributed by atoms with E-state index in [1.807, 2.05) is 39.0 Å². The molecule has 0 saturated carbocycles. The van der Waals surface area contributed by atoms with Gasteiger partial charge in [-0.25, -0.2) is 0 Å². The number of carbonyl (C=O) groups is 1. The normalized spacial score (nSPS) is 10.3. The minimum Gasteiger partial charge on any atom is -0.484 e. The Bertz CT molecular complexity index is 588. The van der Waals surface area contributed by atoms with Crippen molar-refractivity contribution in [2.45, 2.75) is 27.3 Å². The summed E-state index contributed by atoms with van der Waals surface area (Å²) in [4.78, 5) is 13.1. The van der Waals surface area contributed by atoms with Crippen molar-refractivity contribution in [3.8, 4) is 5.75 Å². The molecule has 0 aliphatic rings. The molecule has 0 unspecified atom stereocenters. The van der Waals surface area contributed by atoms with E-state index in [1.165, 1.54) is 4.80 Å². The van der Waals surface area contributed by atoms with Crippen LogP contribution in [0.5, 0.6) is 5.75 Å². The Balaban J connectivity index is 1.88. The molecule has 1 aromatic heterocycles. The summed E-state index contributed by atoms with van der Waals surface area (Å²) in [5.74, 6) is 0.531. The van der Waals surface area contributed by atoms with Crippen LogP contribution in [0.15, 0.2) is 18.2 Å². The number of aromatic nitrogens is 4. The molecule has 7 heteroatoms. The monoisotopic (exact) mass is 275 g/mol. The third-order valence-corrected chi connectivity index (χ3v) is 2.55. The van der Waals surface area contributed by atoms with E-state index in [2.05, 4.69) is 20.7 Å². The maximum absolute atomic E-state index is 11.7. The second-order valence-corrected chi connectivity index (χ2v) is 4.46. The van der Waals surface area contributed by atoms with Gasteiger partial charge in [0.25, 0.3) is 11.9 Å². The number of rotatable bonds is 5. The average Bonchev–Trinajstić information content (AvgIpc) is 2.83. The van der Waals surface area contributed by atoms with Gasteiger partial charge in [-0.1, -0.05) is 11.2 Å². The molecule has 0 bridgehead atoms. The fourth-order valence-corrected chi connectivity index (χ4v) is 1.75. The molecular weight excluding hydrogens is 258 g/mol. The van der Waals surface area contributed by atoms with E-state index in [0.29, 0.717) is 12.3 Å². The van der Waals surface area contributed by atoms with Gasteiger partial charge in [0.15, 0.2) is 6.61 Å². The summed E-state index contributed by atoms with van der Waals surface area (Å²) in [6.45, 7) is 6.35. The second-order valence-electron chi connectivity index (χ2n) is 4.46. The number of benzene rings is 1. The van der Waals surface area contributed by atoms with Crippen LogP contribution in [-0.2, 0) is 11.3 Å². The summed E-state index contributed by atoms with van der Waals surface area (Å²) in [5.41, 5.74) is 2.18. The van der Waals surface area contributed by atoms with Gasteiger partial charge in [-0.05, 0) is 49.2 Å². The van der Waals surface area contributed by atoms with Crippen LogP contribution in [-0.4, -0.2) is 32.7 Å². The highest BCUT2D eigenvalue weighted by Crippen LogP contribution is 2.16. The lowest BCUT2D eigenvalue weighted by Crippen LogP contribution is -2.21. The Labute approximate surface area is 116 Å². The van der Waals surface area contributed by atoms with Gasteiger partial charge in [-0.2, -0.15) is 4.80 Å². The van der Waals surface area contributed by atoms with Crippen molar-refractivity contribution >= 4 is 11.9 Å². The number of ether oxygens (including phenoxy) is 1. The average molecular weight is 275 g/mol. The molecule has 0 aliphatic carbocycles. The van der Waals surface area contributed by atoms with Crippen molar-refractivity contribution in [3.63, 3.8) is 0 Å². The number of aryl methyl sites for hydroxylation is 3. The van der Waals surface area contributed by atoms with Crippen LogP contribution < -0.4 is 10.1 Å². The first kappa shape index (κ1) is 14.0. The summed E-state index contributed by atoms with van der Waals surface area (Å²) in [7, 11) is 0. The zero-order chi connectivity index (χ0) is 14.5. The van der Waals surface area contributed by atoms with E-state index < -0.39 is 0 Å². The zero-order valence-corrected chi connectivity index (χ0v) is 11.8. The number of tetrazole rings is 1. The van der Waals surface area contributed by atoms with Crippen LogP contribution in [0.4, 0.5) is 5.95 Å². The first-order valence-corrected chi connectivity index (χ1v) is 6.35. The van der Waals surface area contributed by atoms with Gasteiger partial charge in [-0.3, -0.25) is 10.1 Å². The first-order chi connectivity index (χ1) is 9.56. The molecule has 0 saturated heterocycles. The lowest BCUT2D eigenvalue weighted by molar-refractivity contribution is -0.118.